The number of hydrogen-bond donors (Lipinski definition) is 3. The third-order valence-electron chi connectivity index (χ3n) is 2.03. The lowest BCUT2D eigenvalue weighted by Gasteiger charge is -2.00. The summed E-state index contributed by atoms with van der Waals surface area (Å²) in [5.74, 6) is 5.60. The molecule has 4 N–H and O–H groups in total. The maximum Gasteiger partial charge on any atom is 0.343 e. The van der Waals surface area contributed by atoms with E-state index in [2.05, 4.69) is 15.6 Å². The normalized spacial score (nSPS) is 10.4. The second-order valence-electron chi connectivity index (χ2n) is 3.24. The van der Waals surface area contributed by atoms with E-state index in [0.717, 1.165) is 18.6 Å². The number of rotatable bonds is 6. The Hall–Kier alpha value is -1.28. The van der Waals surface area contributed by atoms with Gasteiger partial charge < -0.3 is 0 Å². The molecule has 1 amide bonds. The summed E-state index contributed by atoms with van der Waals surface area (Å²) in [6.07, 6.45) is 2.07. The Balaban J connectivity index is 2.19. The van der Waals surface area contributed by atoms with Crippen LogP contribution in [0.25, 0.3) is 0 Å². The van der Waals surface area contributed by atoms with Gasteiger partial charge in [0.25, 0.3) is 0 Å². The van der Waals surface area contributed by atoms with E-state index in [-0.39, 0.29) is 11.6 Å². The van der Waals surface area contributed by atoms with Gasteiger partial charge in [0.05, 0.1) is 0 Å². The molecular weight excluding hydrogens is 230 g/mol. The van der Waals surface area contributed by atoms with Crippen molar-refractivity contribution < 1.29 is 4.79 Å². The lowest BCUT2D eigenvalue weighted by Crippen LogP contribution is -2.29. The molecule has 0 bridgehead atoms. The maximum atomic E-state index is 11.0. The van der Waals surface area contributed by atoms with E-state index in [1.165, 1.54) is 16.3 Å². The number of hydrogen-bond acceptors (Lipinski definition) is 5. The van der Waals surface area contributed by atoms with Crippen molar-refractivity contribution in [3.8, 4) is 0 Å². The highest BCUT2D eigenvalue weighted by molar-refractivity contribution is 7.99. The smallest absolute Gasteiger partial charge is 0.294 e. The van der Waals surface area contributed by atoms with Crippen molar-refractivity contribution in [2.75, 3.05) is 5.75 Å². The SMILES string of the molecule is Cn1c(SCCCCC(=O)NN)n[nH]c1=O. The van der Waals surface area contributed by atoms with Crippen LogP contribution in [0, 0.1) is 0 Å². The molecule has 0 radical (unpaired) electrons. The summed E-state index contributed by atoms with van der Waals surface area (Å²) >= 11 is 1.48. The number of nitrogens with one attached hydrogen (secondary N) is 2. The zero-order valence-electron chi connectivity index (χ0n) is 9.02. The monoisotopic (exact) mass is 245 g/mol. The maximum absolute atomic E-state index is 11.0. The molecule has 0 spiro atoms. The Kier molecular flexibility index (Phi) is 5.06. The molecule has 0 aliphatic rings. The fourth-order valence-corrected chi connectivity index (χ4v) is 2.00. The zero-order valence-corrected chi connectivity index (χ0v) is 9.84. The van der Waals surface area contributed by atoms with Crippen LogP contribution in [0.4, 0.5) is 0 Å². The van der Waals surface area contributed by atoms with Gasteiger partial charge >= 0.3 is 5.69 Å². The molecule has 0 aliphatic heterocycles. The van der Waals surface area contributed by atoms with E-state index >= 15 is 0 Å². The number of nitrogens with zero attached hydrogens (tertiary/aromatic N) is 2. The number of nitrogens with two attached hydrogens (primary N) is 1. The third-order valence-corrected chi connectivity index (χ3v) is 3.15. The van der Waals surface area contributed by atoms with Gasteiger partial charge in [-0.15, -0.1) is 5.10 Å². The van der Waals surface area contributed by atoms with Crippen molar-refractivity contribution >= 4 is 17.7 Å². The van der Waals surface area contributed by atoms with Crippen LogP contribution in [-0.4, -0.2) is 26.4 Å². The molecule has 1 aromatic rings. The first-order valence-corrected chi connectivity index (χ1v) is 5.87. The highest BCUT2D eigenvalue weighted by Crippen LogP contribution is 2.14. The standard InChI is InChI=1S/C8H15N5O2S/c1-13-7(15)11-12-8(13)16-5-3-2-4-6(14)10-9/h2-5,9H2,1H3,(H,10,14)(H,11,15). The Bertz CT molecular complexity index is 399. The van der Waals surface area contributed by atoms with Crippen molar-refractivity contribution in [2.45, 2.75) is 24.4 Å². The quantitative estimate of drug-likeness (QED) is 0.203. The van der Waals surface area contributed by atoms with Gasteiger partial charge in [-0.1, -0.05) is 11.8 Å². The molecule has 7 nitrogen and oxygen atoms in total. The predicted molar refractivity (Wildman–Crippen MR) is 60.7 cm³/mol. The second-order valence-corrected chi connectivity index (χ2v) is 4.31. The molecular formula is C8H15N5O2S. The first-order chi connectivity index (χ1) is 7.65. The van der Waals surface area contributed by atoms with Gasteiger partial charge in [-0.3, -0.25) is 14.8 Å². The van der Waals surface area contributed by atoms with Gasteiger partial charge in [-0.2, -0.15) is 0 Å². The van der Waals surface area contributed by atoms with Crippen molar-refractivity contribution in [2.24, 2.45) is 12.9 Å². The number of aromatic amines is 1. The van der Waals surface area contributed by atoms with Crippen molar-refractivity contribution in [1.82, 2.24) is 20.2 Å². The average Bonchev–Trinajstić information content (AvgIpc) is 2.60. The Morgan fingerprint density at radius 1 is 1.62 bits per heavy atom. The van der Waals surface area contributed by atoms with E-state index in [1.54, 1.807) is 7.05 Å². The molecule has 90 valence electrons. The molecule has 16 heavy (non-hydrogen) atoms. The van der Waals surface area contributed by atoms with Crippen LogP contribution in [0.5, 0.6) is 0 Å². The average molecular weight is 245 g/mol. The van der Waals surface area contributed by atoms with Crippen molar-refractivity contribution in [1.29, 1.82) is 0 Å². The van der Waals surface area contributed by atoms with Gasteiger partial charge in [0.1, 0.15) is 0 Å². The number of hydrazine groups is 1. The van der Waals surface area contributed by atoms with E-state index < -0.39 is 0 Å². The molecule has 1 heterocycles. The summed E-state index contributed by atoms with van der Waals surface area (Å²) in [6, 6.07) is 0. The molecule has 0 aliphatic carbocycles. The van der Waals surface area contributed by atoms with E-state index in [1.807, 2.05) is 0 Å². The summed E-state index contributed by atoms with van der Waals surface area (Å²) in [5, 5.41) is 6.87. The van der Waals surface area contributed by atoms with Gasteiger partial charge in [0.15, 0.2) is 5.16 Å². The lowest BCUT2D eigenvalue weighted by molar-refractivity contribution is -0.121. The minimum atomic E-state index is -0.218. The molecule has 0 fully saturated rings. The van der Waals surface area contributed by atoms with Gasteiger partial charge in [-0.25, -0.2) is 15.7 Å². The molecule has 0 aromatic carbocycles. The minimum absolute atomic E-state index is 0.155. The Labute approximate surface area is 96.8 Å². The van der Waals surface area contributed by atoms with E-state index in [9.17, 15) is 9.59 Å². The molecule has 0 saturated carbocycles. The summed E-state index contributed by atoms with van der Waals surface area (Å²) < 4.78 is 1.46. The summed E-state index contributed by atoms with van der Waals surface area (Å²) in [7, 11) is 1.66. The number of amides is 1. The third kappa shape index (κ3) is 3.70. The molecule has 1 aromatic heterocycles. The number of thioether (sulfide) groups is 1. The van der Waals surface area contributed by atoms with Gasteiger partial charge in [0.2, 0.25) is 5.91 Å². The van der Waals surface area contributed by atoms with Crippen LogP contribution >= 0.6 is 11.8 Å². The summed E-state index contributed by atoms with van der Waals surface area (Å²) in [6.45, 7) is 0. The van der Waals surface area contributed by atoms with Gasteiger partial charge in [0, 0.05) is 19.2 Å². The largest absolute Gasteiger partial charge is 0.343 e. The molecule has 0 saturated heterocycles. The van der Waals surface area contributed by atoms with E-state index in [0.29, 0.717) is 11.6 Å². The van der Waals surface area contributed by atoms with Crippen LogP contribution in [-0.2, 0) is 11.8 Å². The Morgan fingerprint density at radius 2 is 2.38 bits per heavy atom. The number of carbonyl (C=O) groups is 1. The van der Waals surface area contributed by atoms with Crippen LogP contribution in [0.3, 0.4) is 0 Å². The molecule has 0 atom stereocenters. The number of unbranched alkanes of at least 4 members (excludes halogenated alkanes) is 1. The zero-order chi connectivity index (χ0) is 12.0. The highest BCUT2D eigenvalue weighted by Gasteiger charge is 2.04. The lowest BCUT2D eigenvalue weighted by atomic mass is 10.2. The fraction of sp³-hybridized carbons (Fsp3) is 0.625. The predicted octanol–water partition coefficient (Wildman–Crippen LogP) is -0.639. The van der Waals surface area contributed by atoms with Crippen molar-refractivity contribution in [3.05, 3.63) is 10.5 Å². The molecule has 8 heteroatoms. The highest BCUT2D eigenvalue weighted by atomic mass is 32.2. The number of H-pyrrole nitrogens is 1. The first-order valence-electron chi connectivity index (χ1n) is 4.88. The molecule has 0 unspecified atom stereocenters. The number of carbonyl (C=O) groups excluding carboxylic acids is 1. The van der Waals surface area contributed by atoms with Crippen molar-refractivity contribution in [3.63, 3.8) is 0 Å². The van der Waals surface area contributed by atoms with Crippen LogP contribution in [0.15, 0.2) is 9.95 Å². The minimum Gasteiger partial charge on any atom is -0.294 e. The summed E-state index contributed by atoms with van der Waals surface area (Å²) in [5.41, 5.74) is 1.86. The fourth-order valence-electron chi connectivity index (χ4n) is 1.08. The number of aromatic nitrogens is 3. The Morgan fingerprint density at radius 3 is 2.94 bits per heavy atom. The topological polar surface area (TPSA) is 106 Å². The molecule has 1 rings (SSSR count). The van der Waals surface area contributed by atoms with E-state index in [4.69, 9.17) is 5.84 Å². The van der Waals surface area contributed by atoms with Crippen LogP contribution in [0.1, 0.15) is 19.3 Å². The second kappa shape index (κ2) is 6.33. The summed E-state index contributed by atoms with van der Waals surface area (Å²) in [4.78, 5) is 21.8. The van der Waals surface area contributed by atoms with Gasteiger partial charge in [-0.05, 0) is 12.8 Å². The van der Waals surface area contributed by atoms with Crippen LogP contribution < -0.4 is 17.0 Å². The first kappa shape index (κ1) is 12.8. The van der Waals surface area contributed by atoms with Crippen LogP contribution in [0.2, 0.25) is 0 Å².